The number of hydrogen-bond donors (Lipinski definition) is 1. The summed E-state index contributed by atoms with van der Waals surface area (Å²) in [5.74, 6) is 0.340. The molecule has 1 saturated heterocycles. The van der Waals surface area contributed by atoms with E-state index in [0.29, 0.717) is 17.2 Å². The molecule has 1 N–H and O–H groups in total. The molecule has 3 heteroatoms. The van der Waals surface area contributed by atoms with Crippen molar-refractivity contribution in [1.82, 2.24) is 5.32 Å². The molecule has 1 fully saturated rings. The van der Waals surface area contributed by atoms with Crippen LogP contribution in [0.5, 0.6) is 0 Å². The van der Waals surface area contributed by atoms with Gasteiger partial charge in [0.2, 0.25) is 0 Å². The van der Waals surface area contributed by atoms with E-state index in [2.05, 4.69) is 5.32 Å². The van der Waals surface area contributed by atoms with E-state index in [-0.39, 0.29) is 5.92 Å². The van der Waals surface area contributed by atoms with Crippen LogP contribution < -0.4 is 5.32 Å². The van der Waals surface area contributed by atoms with Crippen LogP contribution in [0.3, 0.4) is 0 Å². The van der Waals surface area contributed by atoms with Crippen molar-refractivity contribution in [3.8, 4) is 0 Å². The first-order valence-corrected chi connectivity index (χ1v) is 5.14. The molecule has 1 aromatic carbocycles. The van der Waals surface area contributed by atoms with Gasteiger partial charge in [-0.15, -0.1) is 0 Å². The van der Waals surface area contributed by atoms with Crippen LogP contribution in [0.15, 0.2) is 24.3 Å². The fourth-order valence-corrected chi connectivity index (χ4v) is 1.87. The summed E-state index contributed by atoms with van der Waals surface area (Å²) in [5, 5.41) is 3.94. The Kier molecular flexibility index (Phi) is 2.85. The zero-order valence-corrected chi connectivity index (χ0v) is 8.55. The van der Waals surface area contributed by atoms with Crippen molar-refractivity contribution >= 4 is 17.4 Å². The summed E-state index contributed by atoms with van der Waals surface area (Å²) < 4.78 is 0. The van der Waals surface area contributed by atoms with E-state index in [4.69, 9.17) is 11.6 Å². The zero-order chi connectivity index (χ0) is 9.97. The predicted octanol–water partition coefficient (Wildman–Crippen LogP) is 1.99. The first kappa shape index (κ1) is 9.69. The molecule has 74 valence electrons. The molecule has 2 nitrogen and oxygen atoms in total. The van der Waals surface area contributed by atoms with E-state index < -0.39 is 0 Å². The zero-order valence-electron chi connectivity index (χ0n) is 7.79. The fraction of sp³-hybridized carbons (Fsp3) is 0.364. The second kappa shape index (κ2) is 4.11. The second-order valence-electron chi connectivity index (χ2n) is 3.52. The molecule has 1 heterocycles. The first-order chi connectivity index (χ1) is 6.77. The van der Waals surface area contributed by atoms with Gasteiger partial charge in [-0.25, -0.2) is 0 Å². The number of piperidine rings is 1. The van der Waals surface area contributed by atoms with E-state index in [1.54, 1.807) is 0 Å². The Bertz CT molecular complexity index is 334. The van der Waals surface area contributed by atoms with Crippen molar-refractivity contribution in [2.24, 2.45) is 0 Å². The van der Waals surface area contributed by atoms with Gasteiger partial charge >= 0.3 is 0 Å². The summed E-state index contributed by atoms with van der Waals surface area (Å²) in [7, 11) is 0. The highest BCUT2D eigenvalue weighted by molar-refractivity contribution is 6.30. The number of ketones is 1. The van der Waals surface area contributed by atoms with Crippen molar-refractivity contribution in [1.29, 1.82) is 0 Å². The summed E-state index contributed by atoms with van der Waals surface area (Å²) in [6.07, 6.45) is 0.632. The quantitative estimate of drug-likeness (QED) is 0.767. The van der Waals surface area contributed by atoms with Gasteiger partial charge in [0.05, 0.1) is 5.92 Å². The molecule has 1 atom stereocenters. The fourth-order valence-electron chi connectivity index (χ4n) is 1.74. The monoisotopic (exact) mass is 209 g/mol. The highest BCUT2D eigenvalue weighted by Gasteiger charge is 2.23. The standard InChI is InChI=1S/C11H12ClNO/c12-9-3-1-8(2-4-9)10-7-13-6-5-11(10)14/h1-4,10,13H,5-7H2. The minimum atomic E-state index is 0.0148. The van der Waals surface area contributed by atoms with E-state index >= 15 is 0 Å². The van der Waals surface area contributed by atoms with Crippen LogP contribution in [0, 0.1) is 0 Å². The average Bonchev–Trinajstić information content (AvgIpc) is 2.20. The van der Waals surface area contributed by atoms with E-state index in [0.717, 1.165) is 18.7 Å². The number of carbonyl (C=O) groups excluding carboxylic acids is 1. The van der Waals surface area contributed by atoms with Gasteiger partial charge in [-0.2, -0.15) is 0 Å². The van der Waals surface area contributed by atoms with Gasteiger partial charge in [0, 0.05) is 24.5 Å². The lowest BCUT2D eigenvalue weighted by Crippen LogP contribution is -2.35. The molecule has 0 amide bonds. The highest BCUT2D eigenvalue weighted by atomic mass is 35.5. The summed E-state index contributed by atoms with van der Waals surface area (Å²) >= 11 is 5.79. The molecule has 0 bridgehead atoms. The lowest BCUT2D eigenvalue weighted by molar-refractivity contribution is -0.121. The summed E-state index contributed by atoms with van der Waals surface area (Å²) in [5.41, 5.74) is 1.06. The molecular weight excluding hydrogens is 198 g/mol. The number of benzene rings is 1. The first-order valence-electron chi connectivity index (χ1n) is 4.76. The Morgan fingerprint density at radius 2 is 2.00 bits per heavy atom. The average molecular weight is 210 g/mol. The molecule has 1 aromatic rings. The van der Waals surface area contributed by atoms with Gasteiger partial charge in [-0.05, 0) is 17.7 Å². The maximum absolute atomic E-state index is 11.6. The smallest absolute Gasteiger partial charge is 0.142 e. The van der Waals surface area contributed by atoms with E-state index in [9.17, 15) is 4.79 Å². The Morgan fingerprint density at radius 3 is 2.64 bits per heavy atom. The van der Waals surface area contributed by atoms with E-state index in [1.165, 1.54) is 0 Å². The number of Topliss-reactive ketones (excluding diaryl/α,β-unsaturated/α-hetero) is 1. The molecule has 0 aliphatic carbocycles. The van der Waals surface area contributed by atoms with Crippen LogP contribution in [-0.2, 0) is 4.79 Å². The van der Waals surface area contributed by atoms with Crippen LogP contribution in [0.4, 0.5) is 0 Å². The Labute approximate surface area is 88.3 Å². The number of halogens is 1. The molecule has 14 heavy (non-hydrogen) atoms. The van der Waals surface area contributed by atoms with Gasteiger partial charge in [-0.1, -0.05) is 23.7 Å². The number of hydrogen-bond acceptors (Lipinski definition) is 2. The maximum Gasteiger partial charge on any atom is 0.142 e. The van der Waals surface area contributed by atoms with E-state index in [1.807, 2.05) is 24.3 Å². The Balaban J connectivity index is 2.20. The molecule has 2 rings (SSSR count). The Hall–Kier alpha value is -0.860. The lowest BCUT2D eigenvalue weighted by atomic mass is 9.90. The SMILES string of the molecule is O=C1CCNCC1c1ccc(Cl)cc1. The lowest BCUT2D eigenvalue weighted by Gasteiger charge is -2.21. The third-order valence-electron chi connectivity index (χ3n) is 2.56. The highest BCUT2D eigenvalue weighted by Crippen LogP contribution is 2.21. The molecular formula is C11H12ClNO. The second-order valence-corrected chi connectivity index (χ2v) is 3.96. The molecule has 1 aliphatic rings. The van der Waals surface area contributed by atoms with Crippen LogP contribution >= 0.6 is 11.6 Å². The normalized spacial score (nSPS) is 22.4. The van der Waals surface area contributed by atoms with Gasteiger partial charge < -0.3 is 5.32 Å². The molecule has 1 unspecified atom stereocenters. The number of carbonyl (C=O) groups is 1. The van der Waals surface area contributed by atoms with Crippen molar-refractivity contribution < 1.29 is 4.79 Å². The van der Waals surface area contributed by atoms with Crippen molar-refractivity contribution in [2.75, 3.05) is 13.1 Å². The van der Waals surface area contributed by atoms with Crippen molar-refractivity contribution in [2.45, 2.75) is 12.3 Å². The van der Waals surface area contributed by atoms with Crippen LogP contribution in [0.25, 0.3) is 0 Å². The molecule has 0 aromatic heterocycles. The van der Waals surface area contributed by atoms with Crippen molar-refractivity contribution in [3.05, 3.63) is 34.9 Å². The third-order valence-corrected chi connectivity index (χ3v) is 2.81. The largest absolute Gasteiger partial charge is 0.315 e. The van der Waals surface area contributed by atoms with Gasteiger partial charge in [-0.3, -0.25) is 4.79 Å². The molecule has 0 radical (unpaired) electrons. The predicted molar refractivity (Wildman–Crippen MR) is 56.7 cm³/mol. The maximum atomic E-state index is 11.6. The van der Waals surface area contributed by atoms with Gasteiger partial charge in [0.15, 0.2) is 0 Å². The van der Waals surface area contributed by atoms with Crippen LogP contribution in [0.1, 0.15) is 17.9 Å². The number of rotatable bonds is 1. The van der Waals surface area contributed by atoms with Gasteiger partial charge in [0.25, 0.3) is 0 Å². The minimum absolute atomic E-state index is 0.0148. The summed E-state index contributed by atoms with van der Waals surface area (Å²) in [6.45, 7) is 1.56. The van der Waals surface area contributed by atoms with Gasteiger partial charge in [0.1, 0.15) is 5.78 Å². The van der Waals surface area contributed by atoms with Crippen LogP contribution in [0.2, 0.25) is 5.02 Å². The summed E-state index contributed by atoms with van der Waals surface area (Å²) in [4.78, 5) is 11.6. The molecule has 0 spiro atoms. The third kappa shape index (κ3) is 1.97. The summed E-state index contributed by atoms with van der Waals surface area (Å²) in [6, 6.07) is 7.52. The van der Waals surface area contributed by atoms with Crippen LogP contribution in [-0.4, -0.2) is 18.9 Å². The Morgan fingerprint density at radius 1 is 1.29 bits per heavy atom. The molecule has 0 saturated carbocycles. The van der Waals surface area contributed by atoms with Crippen molar-refractivity contribution in [3.63, 3.8) is 0 Å². The topological polar surface area (TPSA) is 29.1 Å². The minimum Gasteiger partial charge on any atom is -0.315 e. The molecule has 1 aliphatic heterocycles. The number of nitrogens with one attached hydrogen (secondary N) is 1.